The highest BCUT2D eigenvalue weighted by atomic mass is 16.5. The van der Waals surface area contributed by atoms with Gasteiger partial charge >= 0.3 is 0 Å². The molecule has 0 N–H and O–H groups in total. The van der Waals surface area contributed by atoms with Gasteiger partial charge in [-0.2, -0.15) is 0 Å². The van der Waals surface area contributed by atoms with Gasteiger partial charge < -0.3 is 9.64 Å². The molecule has 1 aliphatic heterocycles. The molecule has 1 amide bonds. The molecular formula is C13H18N2O3. The molecule has 0 saturated carbocycles. The molecule has 5 heteroatoms. The van der Waals surface area contributed by atoms with Crippen molar-refractivity contribution in [1.82, 2.24) is 4.90 Å². The zero-order chi connectivity index (χ0) is 13.2. The highest BCUT2D eigenvalue weighted by Crippen LogP contribution is 2.09. The maximum absolute atomic E-state index is 10.7. The number of carbonyl (C=O) groups excluding carboxylic acids is 1. The fraction of sp³-hybridized carbons (Fsp3) is 0.462. The van der Waals surface area contributed by atoms with Crippen molar-refractivity contribution in [2.45, 2.75) is 13.3 Å². The van der Waals surface area contributed by atoms with Crippen LogP contribution in [0.3, 0.4) is 0 Å². The van der Waals surface area contributed by atoms with Gasteiger partial charge in [0, 0.05) is 24.0 Å². The maximum atomic E-state index is 10.7. The van der Waals surface area contributed by atoms with Gasteiger partial charge in [0.2, 0.25) is 0 Å². The zero-order valence-corrected chi connectivity index (χ0v) is 10.5. The molecule has 98 valence electrons. The third-order valence-electron chi connectivity index (χ3n) is 2.51. The Morgan fingerprint density at radius 3 is 2.72 bits per heavy atom. The van der Waals surface area contributed by atoms with Crippen LogP contribution >= 0.6 is 0 Å². The topological polar surface area (TPSA) is 59.0 Å². The number of amides is 1. The Kier molecular flexibility index (Phi) is 6.64. The third kappa shape index (κ3) is 5.05. The Morgan fingerprint density at radius 2 is 2.11 bits per heavy atom. The molecule has 1 fully saturated rings. The highest BCUT2D eigenvalue weighted by Gasteiger charge is 2.10. The number of rotatable bonds is 5. The lowest BCUT2D eigenvalue weighted by Gasteiger charge is -2.29. The molecule has 0 aromatic rings. The quantitative estimate of drug-likeness (QED) is 0.553. The van der Waals surface area contributed by atoms with Gasteiger partial charge in [-0.05, 0) is 19.1 Å². The van der Waals surface area contributed by atoms with E-state index in [0.717, 1.165) is 32.0 Å². The summed E-state index contributed by atoms with van der Waals surface area (Å²) in [5.41, 5.74) is 1.07. The van der Waals surface area contributed by atoms with Gasteiger partial charge in [0.1, 0.15) is 0 Å². The summed E-state index contributed by atoms with van der Waals surface area (Å²) in [5, 5.41) is 2.33. The second kappa shape index (κ2) is 8.36. The molecule has 1 saturated heterocycles. The van der Waals surface area contributed by atoms with E-state index in [0.29, 0.717) is 0 Å². The molecule has 0 bridgehead atoms. The van der Waals surface area contributed by atoms with E-state index in [1.54, 1.807) is 12.2 Å². The van der Waals surface area contributed by atoms with Crippen LogP contribution in [0.15, 0.2) is 41.3 Å². The van der Waals surface area contributed by atoms with Crippen LogP contribution in [0.4, 0.5) is 0 Å². The number of nitroso groups, excluding NO2 is 1. The van der Waals surface area contributed by atoms with Crippen LogP contribution in [0.2, 0.25) is 0 Å². The van der Waals surface area contributed by atoms with Gasteiger partial charge in [0.25, 0.3) is 5.91 Å². The lowest BCUT2D eigenvalue weighted by atomic mass is 10.2. The Hall–Kier alpha value is -1.75. The number of morpholine rings is 1. The summed E-state index contributed by atoms with van der Waals surface area (Å²) in [6, 6.07) is 0. The van der Waals surface area contributed by atoms with E-state index in [4.69, 9.17) is 4.74 Å². The maximum Gasteiger partial charge on any atom is 0.290 e. The minimum Gasteiger partial charge on any atom is -0.378 e. The summed E-state index contributed by atoms with van der Waals surface area (Å²) in [4.78, 5) is 22.8. The van der Waals surface area contributed by atoms with Crippen LogP contribution in [0.5, 0.6) is 0 Å². The van der Waals surface area contributed by atoms with Crippen LogP contribution in [0, 0.1) is 4.91 Å². The van der Waals surface area contributed by atoms with Crippen molar-refractivity contribution >= 4 is 5.91 Å². The van der Waals surface area contributed by atoms with E-state index in [1.807, 2.05) is 25.2 Å². The van der Waals surface area contributed by atoms with Gasteiger partial charge in [0.05, 0.1) is 19.6 Å². The predicted octanol–water partition coefficient (Wildman–Crippen LogP) is 2.02. The first-order valence-electron chi connectivity index (χ1n) is 5.96. The van der Waals surface area contributed by atoms with Gasteiger partial charge in [-0.1, -0.05) is 18.2 Å². The number of carbonyl (C=O) groups is 1. The summed E-state index contributed by atoms with van der Waals surface area (Å²) < 4.78 is 5.30. The van der Waals surface area contributed by atoms with Crippen LogP contribution in [-0.4, -0.2) is 37.1 Å². The number of hydrogen-bond donors (Lipinski definition) is 0. The minimum atomic E-state index is -0.654. The SMILES string of the molecule is C\C=C/C(=C\C=C\CC(=O)N=O)N1CCOCC1. The predicted molar refractivity (Wildman–Crippen MR) is 69.8 cm³/mol. The summed E-state index contributed by atoms with van der Waals surface area (Å²) in [6.07, 6.45) is 9.35. The van der Waals surface area contributed by atoms with E-state index in [-0.39, 0.29) is 6.42 Å². The Labute approximate surface area is 107 Å². The number of nitrogens with zero attached hydrogens (tertiary/aromatic N) is 2. The van der Waals surface area contributed by atoms with Crippen molar-refractivity contribution in [2.24, 2.45) is 5.18 Å². The molecule has 0 aromatic heterocycles. The van der Waals surface area contributed by atoms with E-state index in [1.165, 1.54) is 0 Å². The highest BCUT2D eigenvalue weighted by molar-refractivity contribution is 5.78. The molecule has 0 aromatic carbocycles. The third-order valence-corrected chi connectivity index (χ3v) is 2.51. The Balaban J connectivity index is 2.59. The van der Waals surface area contributed by atoms with Crippen LogP contribution in [-0.2, 0) is 9.53 Å². The van der Waals surface area contributed by atoms with Crippen molar-refractivity contribution < 1.29 is 9.53 Å². The molecule has 1 rings (SSSR count). The van der Waals surface area contributed by atoms with E-state index < -0.39 is 5.91 Å². The second-order valence-corrected chi connectivity index (χ2v) is 3.81. The lowest BCUT2D eigenvalue weighted by molar-refractivity contribution is -0.117. The summed E-state index contributed by atoms with van der Waals surface area (Å²) in [5.74, 6) is -0.654. The lowest BCUT2D eigenvalue weighted by Crippen LogP contribution is -2.35. The average Bonchev–Trinajstić information content (AvgIpc) is 2.43. The fourth-order valence-corrected chi connectivity index (χ4v) is 1.63. The minimum absolute atomic E-state index is 0.0478. The largest absolute Gasteiger partial charge is 0.378 e. The van der Waals surface area contributed by atoms with E-state index in [9.17, 15) is 9.70 Å². The molecule has 1 aliphatic rings. The van der Waals surface area contributed by atoms with Crippen molar-refractivity contribution in [2.75, 3.05) is 26.3 Å². The molecule has 0 radical (unpaired) electrons. The first kappa shape index (κ1) is 14.3. The van der Waals surface area contributed by atoms with E-state index in [2.05, 4.69) is 10.1 Å². The molecule has 18 heavy (non-hydrogen) atoms. The molecule has 5 nitrogen and oxygen atoms in total. The smallest absolute Gasteiger partial charge is 0.290 e. The van der Waals surface area contributed by atoms with E-state index >= 15 is 0 Å². The molecule has 0 spiro atoms. The van der Waals surface area contributed by atoms with Gasteiger partial charge in [0.15, 0.2) is 0 Å². The number of hydrogen-bond acceptors (Lipinski definition) is 4. The first-order chi connectivity index (χ1) is 8.77. The number of allylic oxidation sites excluding steroid dienone is 4. The molecular weight excluding hydrogens is 232 g/mol. The van der Waals surface area contributed by atoms with Crippen LogP contribution in [0.25, 0.3) is 0 Å². The van der Waals surface area contributed by atoms with Crippen molar-refractivity contribution in [3.63, 3.8) is 0 Å². The Bertz CT molecular complexity index is 366. The summed E-state index contributed by atoms with van der Waals surface area (Å²) >= 11 is 0. The average molecular weight is 250 g/mol. The second-order valence-electron chi connectivity index (χ2n) is 3.81. The molecule has 0 aliphatic carbocycles. The molecule has 0 atom stereocenters. The zero-order valence-electron chi connectivity index (χ0n) is 10.5. The van der Waals surface area contributed by atoms with Gasteiger partial charge in [-0.3, -0.25) is 4.79 Å². The van der Waals surface area contributed by atoms with Crippen molar-refractivity contribution in [3.8, 4) is 0 Å². The summed E-state index contributed by atoms with van der Waals surface area (Å²) in [7, 11) is 0. The van der Waals surface area contributed by atoms with Crippen molar-refractivity contribution in [3.05, 3.63) is 41.0 Å². The number of ether oxygens (including phenoxy) is 1. The van der Waals surface area contributed by atoms with Crippen LogP contribution < -0.4 is 0 Å². The van der Waals surface area contributed by atoms with Gasteiger partial charge in [-0.25, -0.2) is 0 Å². The first-order valence-corrected chi connectivity index (χ1v) is 5.96. The van der Waals surface area contributed by atoms with Crippen LogP contribution in [0.1, 0.15) is 13.3 Å². The monoisotopic (exact) mass is 250 g/mol. The Morgan fingerprint density at radius 1 is 1.39 bits per heavy atom. The normalized spacial score (nSPS) is 17.6. The molecule has 1 heterocycles. The van der Waals surface area contributed by atoms with Crippen molar-refractivity contribution in [1.29, 1.82) is 0 Å². The molecule has 0 unspecified atom stereocenters. The van der Waals surface area contributed by atoms with Gasteiger partial charge in [-0.15, -0.1) is 4.91 Å². The standard InChI is InChI=1S/C13H18N2O3/c1-2-5-12(15-8-10-18-11-9-15)6-3-4-7-13(16)14-17/h2-6H,7-11H2,1H3/b4-3+,5-2-,12-6+. The summed E-state index contributed by atoms with van der Waals surface area (Å²) in [6.45, 7) is 5.13. The fourth-order valence-electron chi connectivity index (χ4n) is 1.63.